The van der Waals surface area contributed by atoms with Crippen LogP contribution in [0.2, 0.25) is 0 Å². The Hall–Kier alpha value is -5.05. The monoisotopic (exact) mass is 571 g/mol. The predicted molar refractivity (Wildman–Crippen MR) is 163 cm³/mol. The van der Waals surface area contributed by atoms with Gasteiger partial charge in [-0.05, 0) is 68.6 Å². The number of rotatable bonds is 7. The van der Waals surface area contributed by atoms with E-state index in [4.69, 9.17) is 15.3 Å². The Morgan fingerprint density at radius 3 is 2.02 bits per heavy atom. The van der Waals surface area contributed by atoms with Crippen LogP contribution in [0.25, 0.3) is 21.5 Å². The van der Waals surface area contributed by atoms with Gasteiger partial charge in [-0.25, -0.2) is 4.90 Å². The number of hydrogen-bond acceptors (Lipinski definition) is 6. The SMILES string of the molecule is COc1ccc(N2C(=O)C3ON(Cc4ccc(CC(N)=O)cc4)C(c4c5ccccc5cc5ccccc45)C3C2=O)cc1. The molecular weight excluding hydrogens is 542 g/mol. The van der Waals surface area contributed by atoms with Crippen LogP contribution in [0.5, 0.6) is 5.75 Å². The Bertz CT molecular complexity index is 1830. The molecule has 0 aromatic heterocycles. The van der Waals surface area contributed by atoms with E-state index in [2.05, 4.69) is 30.3 Å². The van der Waals surface area contributed by atoms with Gasteiger partial charge in [0.15, 0.2) is 6.10 Å². The second-order valence-corrected chi connectivity index (χ2v) is 11.0. The highest BCUT2D eigenvalue weighted by molar-refractivity contribution is 6.24. The summed E-state index contributed by atoms with van der Waals surface area (Å²) < 4.78 is 5.27. The van der Waals surface area contributed by atoms with E-state index in [9.17, 15) is 14.4 Å². The quantitative estimate of drug-likeness (QED) is 0.216. The van der Waals surface area contributed by atoms with Crippen molar-refractivity contribution in [1.29, 1.82) is 0 Å². The summed E-state index contributed by atoms with van der Waals surface area (Å²) in [5, 5.41) is 5.87. The lowest BCUT2D eigenvalue weighted by Gasteiger charge is -2.29. The van der Waals surface area contributed by atoms with Crippen LogP contribution in [0.3, 0.4) is 0 Å². The Morgan fingerprint density at radius 1 is 0.814 bits per heavy atom. The van der Waals surface area contributed by atoms with Crippen LogP contribution in [0.15, 0.2) is 103 Å². The lowest BCUT2D eigenvalue weighted by molar-refractivity contribution is -0.177. The van der Waals surface area contributed by atoms with Crippen molar-refractivity contribution in [1.82, 2.24) is 5.06 Å². The van der Waals surface area contributed by atoms with Gasteiger partial charge in [-0.2, -0.15) is 5.06 Å². The number of imide groups is 1. The number of benzene rings is 5. The summed E-state index contributed by atoms with van der Waals surface area (Å²) in [6, 6.07) is 32.2. The van der Waals surface area contributed by atoms with Crippen LogP contribution in [-0.2, 0) is 32.2 Å². The average Bonchev–Trinajstić information content (AvgIpc) is 3.50. The van der Waals surface area contributed by atoms with Crippen LogP contribution in [0.4, 0.5) is 5.69 Å². The van der Waals surface area contributed by atoms with Gasteiger partial charge in [0.1, 0.15) is 5.75 Å². The van der Waals surface area contributed by atoms with Crippen molar-refractivity contribution in [2.75, 3.05) is 12.0 Å². The lowest BCUT2D eigenvalue weighted by Crippen LogP contribution is -2.37. The molecule has 8 nitrogen and oxygen atoms in total. The van der Waals surface area contributed by atoms with Gasteiger partial charge in [0.2, 0.25) is 11.8 Å². The Labute approximate surface area is 248 Å². The number of ether oxygens (including phenoxy) is 1. The molecule has 8 heteroatoms. The van der Waals surface area contributed by atoms with Crippen molar-refractivity contribution in [3.8, 4) is 5.75 Å². The molecular formula is C35H29N3O5. The highest BCUT2D eigenvalue weighted by Gasteiger charge is 2.60. The number of carbonyl (C=O) groups excluding carboxylic acids is 3. The van der Waals surface area contributed by atoms with Crippen molar-refractivity contribution in [3.05, 3.63) is 120 Å². The van der Waals surface area contributed by atoms with Gasteiger partial charge in [0.05, 0.1) is 31.2 Å². The van der Waals surface area contributed by atoms with E-state index in [0.717, 1.165) is 38.2 Å². The number of anilines is 1. The Kier molecular flexibility index (Phi) is 6.65. The summed E-state index contributed by atoms with van der Waals surface area (Å²) in [4.78, 5) is 47.2. The van der Waals surface area contributed by atoms with Crippen LogP contribution < -0.4 is 15.4 Å². The zero-order valence-corrected chi connectivity index (χ0v) is 23.5. The number of fused-ring (bicyclic) bond motifs is 3. The third-order valence-electron chi connectivity index (χ3n) is 8.37. The third kappa shape index (κ3) is 4.61. The van der Waals surface area contributed by atoms with Gasteiger partial charge in [0, 0.05) is 6.54 Å². The highest BCUT2D eigenvalue weighted by Crippen LogP contribution is 2.49. The molecule has 2 heterocycles. The van der Waals surface area contributed by atoms with Gasteiger partial charge >= 0.3 is 0 Å². The number of carbonyl (C=O) groups is 3. The first-order chi connectivity index (χ1) is 20.9. The molecule has 0 spiro atoms. The van der Waals surface area contributed by atoms with E-state index >= 15 is 0 Å². The number of amides is 3. The molecule has 3 atom stereocenters. The van der Waals surface area contributed by atoms with Gasteiger partial charge < -0.3 is 10.5 Å². The fourth-order valence-electron chi connectivity index (χ4n) is 6.43. The molecule has 0 radical (unpaired) electrons. The van der Waals surface area contributed by atoms with Crippen LogP contribution in [0.1, 0.15) is 22.7 Å². The average molecular weight is 572 g/mol. The second-order valence-electron chi connectivity index (χ2n) is 11.0. The molecule has 2 N–H and O–H groups in total. The van der Waals surface area contributed by atoms with E-state index in [1.54, 1.807) is 36.4 Å². The first-order valence-electron chi connectivity index (χ1n) is 14.1. The van der Waals surface area contributed by atoms with Crippen molar-refractivity contribution in [3.63, 3.8) is 0 Å². The van der Waals surface area contributed by atoms with Crippen molar-refractivity contribution < 1.29 is 24.0 Å². The van der Waals surface area contributed by atoms with Gasteiger partial charge in [-0.1, -0.05) is 72.8 Å². The summed E-state index contributed by atoms with van der Waals surface area (Å²) in [5.74, 6) is -1.23. The molecule has 2 aliphatic rings. The Balaban J connectivity index is 1.35. The van der Waals surface area contributed by atoms with Crippen molar-refractivity contribution in [2.24, 2.45) is 11.7 Å². The van der Waals surface area contributed by atoms with E-state index in [1.807, 2.05) is 48.5 Å². The minimum atomic E-state index is -0.980. The lowest BCUT2D eigenvalue weighted by atomic mass is 9.84. The summed E-state index contributed by atoms with van der Waals surface area (Å²) in [5.41, 5.74) is 8.52. The molecule has 43 heavy (non-hydrogen) atoms. The number of nitrogens with zero attached hydrogens (tertiary/aromatic N) is 2. The van der Waals surface area contributed by atoms with Gasteiger partial charge in [-0.15, -0.1) is 0 Å². The van der Waals surface area contributed by atoms with Crippen molar-refractivity contribution in [2.45, 2.75) is 25.1 Å². The molecule has 2 aliphatic heterocycles. The molecule has 0 aliphatic carbocycles. The number of methoxy groups -OCH3 is 1. The van der Waals surface area contributed by atoms with E-state index in [0.29, 0.717) is 18.0 Å². The third-order valence-corrected chi connectivity index (χ3v) is 8.37. The molecule has 7 rings (SSSR count). The zero-order valence-electron chi connectivity index (χ0n) is 23.5. The standard InChI is InChI=1S/C35H29N3O5/c1-42-26-16-14-25(15-17-26)38-34(40)31-32(30-27-8-4-2-6-23(27)19-24-7-3-5-9-28(24)30)37(43-33(31)35(38)41)20-22-12-10-21(11-13-22)18-29(36)39/h2-17,19,31-33H,18,20H2,1H3,(H2,36,39). The van der Waals surface area contributed by atoms with Gasteiger partial charge in [0.25, 0.3) is 5.91 Å². The normalized spacial score (nSPS) is 20.2. The maximum atomic E-state index is 14.3. The fourth-order valence-corrected chi connectivity index (χ4v) is 6.43. The second kappa shape index (κ2) is 10.7. The maximum Gasteiger partial charge on any atom is 0.265 e. The topological polar surface area (TPSA) is 102 Å². The first-order valence-corrected chi connectivity index (χ1v) is 14.1. The summed E-state index contributed by atoms with van der Waals surface area (Å²) in [6.45, 7) is 0.329. The minimum absolute atomic E-state index is 0.152. The number of primary amides is 1. The predicted octanol–water partition coefficient (Wildman–Crippen LogP) is 5.08. The summed E-state index contributed by atoms with van der Waals surface area (Å²) >= 11 is 0. The first kappa shape index (κ1) is 26.8. The number of hydroxylamine groups is 2. The minimum Gasteiger partial charge on any atom is -0.497 e. The van der Waals surface area contributed by atoms with Crippen LogP contribution in [0, 0.1) is 5.92 Å². The summed E-state index contributed by atoms with van der Waals surface area (Å²) in [6.07, 6.45) is -0.828. The molecule has 0 saturated carbocycles. The largest absolute Gasteiger partial charge is 0.497 e. The molecule has 5 aromatic carbocycles. The number of hydrogen-bond donors (Lipinski definition) is 1. The molecule has 3 unspecified atom stereocenters. The van der Waals surface area contributed by atoms with Gasteiger partial charge in [-0.3, -0.25) is 19.2 Å². The zero-order chi connectivity index (χ0) is 29.7. The Morgan fingerprint density at radius 2 is 1.42 bits per heavy atom. The molecule has 5 aromatic rings. The molecule has 2 saturated heterocycles. The van der Waals surface area contributed by atoms with E-state index in [1.165, 1.54) is 4.90 Å². The van der Waals surface area contributed by atoms with E-state index < -0.39 is 29.9 Å². The molecule has 214 valence electrons. The van der Waals surface area contributed by atoms with Crippen LogP contribution in [-0.4, -0.2) is 36.0 Å². The maximum absolute atomic E-state index is 14.3. The smallest absolute Gasteiger partial charge is 0.265 e. The highest BCUT2D eigenvalue weighted by atomic mass is 16.7. The van der Waals surface area contributed by atoms with E-state index in [-0.39, 0.29) is 12.3 Å². The fraction of sp³-hybridized carbons (Fsp3) is 0.171. The van der Waals surface area contributed by atoms with Crippen LogP contribution >= 0.6 is 0 Å². The molecule has 2 fully saturated rings. The number of nitrogens with two attached hydrogens (primary N) is 1. The molecule has 0 bridgehead atoms. The molecule has 3 amide bonds. The van der Waals surface area contributed by atoms with Crippen molar-refractivity contribution >= 4 is 45.0 Å². The summed E-state index contributed by atoms with van der Waals surface area (Å²) in [7, 11) is 1.57.